The quantitative estimate of drug-likeness (QED) is 0.526. The van der Waals surface area contributed by atoms with Crippen molar-refractivity contribution >= 4 is 0 Å². The summed E-state index contributed by atoms with van der Waals surface area (Å²) >= 11 is 0. The molecule has 3 nitrogen and oxygen atoms in total. The number of hydrogen-bond acceptors (Lipinski definition) is 2. The highest BCUT2D eigenvalue weighted by Crippen LogP contribution is 2.28. The van der Waals surface area contributed by atoms with Crippen LogP contribution in [0.25, 0.3) is 33.9 Å². The molecule has 0 radical (unpaired) electrons. The Kier molecular flexibility index (Phi) is 4.05. The van der Waals surface area contributed by atoms with E-state index in [0.717, 1.165) is 33.9 Å². The van der Waals surface area contributed by atoms with E-state index in [9.17, 15) is 0 Å². The Bertz CT molecular complexity index is 982. The van der Waals surface area contributed by atoms with Crippen molar-refractivity contribution in [1.82, 2.24) is 10.1 Å². The number of hydrogen-bond donors (Lipinski definition) is 0. The summed E-state index contributed by atoms with van der Waals surface area (Å²) in [5, 5.41) is 4.71. The van der Waals surface area contributed by atoms with Gasteiger partial charge in [0.05, 0.1) is 5.56 Å². The lowest BCUT2D eigenvalue weighted by Gasteiger charge is -2.08. The second-order valence-corrected chi connectivity index (χ2v) is 5.85. The number of nitrogens with zero attached hydrogens (tertiary/aromatic N) is 3. The second-order valence-electron chi connectivity index (χ2n) is 5.85. The Morgan fingerprint density at radius 3 is 1.64 bits per heavy atom. The first-order chi connectivity index (χ1) is 12.3. The fourth-order valence-electron chi connectivity index (χ4n) is 2.95. The normalized spacial score (nSPS) is 10.6. The molecule has 4 rings (SSSR count). The molecule has 120 valence electrons. The highest BCUT2D eigenvalue weighted by atomic mass is 15.3. The summed E-state index contributed by atoms with van der Waals surface area (Å²) in [4.78, 5) is 4.92. The van der Waals surface area contributed by atoms with Gasteiger partial charge in [-0.15, -0.1) is 0 Å². The molecule has 0 saturated carbocycles. The van der Waals surface area contributed by atoms with Crippen molar-refractivity contribution in [3.05, 3.63) is 91.0 Å². The minimum Gasteiger partial charge on any atom is -0.216 e. The first-order valence-electron chi connectivity index (χ1n) is 8.27. The number of rotatable bonds is 3. The van der Waals surface area contributed by atoms with Crippen LogP contribution in [0.1, 0.15) is 0 Å². The van der Waals surface area contributed by atoms with Crippen LogP contribution >= 0.6 is 0 Å². The Morgan fingerprint density at radius 1 is 0.600 bits per heavy atom. The minimum absolute atomic E-state index is 0.724. The fraction of sp³-hybridized carbons (Fsp3) is 0.0455. The third-order valence-electron chi connectivity index (χ3n) is 4.14. The first kappa shape index (κ1) is 15.2. The van der Waals surface area contributed by atoms with E-state index >= 15 is 0 Å². The Balaban J connectivity index is 1.99. The zero-order chi connectivity index (χ0) is 17.1. The van der Waals surface area contributed by atoms with E-state index in [1.807, 2.05) is 78.5 Å². The van der Waals surface area contributed by atoms with Gasteiger partial charge in [0.15, 0.2) is 7.05 Å². The predicted molar refractivity (Wildman–Crippen MR) is 99.5 cm³/mol. The molecule has 0 aliphatic rings. The smallest absolute Gasteiger partial charge is 0.216 e. The van der Waals surface area contributed by atoms with Gasteiger partial charge in [0.1, 0.15) is 5.69 Å². The summed E-state index contributed by atoms with van der Waals surface area (Å²) in [6.45, 7) is 0. The fourth-order valence-corrected chi connectivity index (χ4v) is 2.95. The van der Waals surface area contributed by atoms with Crippen molar-refractivity contribution in [3.63, 3.8) is 0 Å². The van der Waals surface area contributed by atoms with Gasteiger partial charge in [-0.3, -0.25) is 0 Å². The van der Waals surface area contributed by atoms with Crippen LogP contribution in [0.2, 0.25) is 0 Å². The van der Waals surface area contributed by atoms with Crippen LogP contribution in [0, 0.1) is 0 Å². The number of aryl methyl sites for hydroxylation is 1. The molecule has 0 aliphatic carbocycles. The molecule has 0 fully saturated rings. The summed E-state index contributed by atoms with van der Waals surface area (Å²) < 4.78 is 1.92. The summed E-state index contributed by atoms with van der Waals surface area (Å²) in [6.07, 6.45) is 0. The van der Waals surface area contributed by atoms with Crippen LogP contribution in [-0.2, 0) is 7.05 Å². The van der Waals surface area contributed by atoms with E-state index in [0.29, 0.717) is 0 Å². The van der Waals surface area contributed by atoms with Gasteiger partial charge < -0.3 is 0 Å². The van der Waals surface area contributed by atoms with Crippen molar-refractivity contribution in [2.24, 2.45) is 7.05 Å². The highest BCUT2D eigenvalue weighted by molar-refractivity contribution is 5.76. The summed E-state index contributed by atoms with van der Waals surface area (Å²) in [6, 6.07) is 30.6. The van der Waals surface area contributed by atoms with Crippen molar-refractivity contribution in [2.45, 2.75) is 0 Å². The lowest BCUT2D eigenvalue weighted by molar-refractivity contribution is -0.719. The van der Waals surface area contributed by atoms with Crippen molar-refractivity contribution in [1.29, 1.82) is 0 Å². The highest BCUT2D eigenvalue weighted by Gasteiger charge is 2.23. The van der Waals surface area contributed by atoms with Gasteiger partial charge in [-0.2, -0.15) is 0 Å². The SMILES string of the molecule is C[n+]1nc(-c2ccccc2)nc(-c2ccccc2)c1-c1ccccc1. The standard InChI is InChI=1S/C22H18N3/c1-25-21(18-13-7-3-8-14-18)20(17-11-5-2-6-12-17)23-22(24-25)19-15-9-4-10-16-19/h2-16H,1H3/q+1. The lowest BCUT2D eigenvalue weighted by Crippen LogP contribution is -2.37. The summed E-state index contributed by atoms with van der Waals surface area (Å²) in [5.74, 6) is 0.724. The largest absolute Gasteiger partial charge is 0.265 e. The maximum absolute atomic E-state index is 4.92. The Labute approximate surface area is 147 Å². The van der Waals surface area contributed by atoms with Crippen molar-refractivity contribution in [3.8, 4) is 33.9 Å². The van der Waals surface area contributed by atoms with E-state index < -0.39 is 0 Å². The molecule has 0 saturated heterocycles. The van der Waals surface area contributed by atoms with E-state index in [1.54, 1.807) is 0 Å². The Hall–Kier alpha value is -3.33. The van der Waals surface area contributed by atoms with E-state index in [-0.39, 0.29) is 0 Å². The maximum Gasteiger partial charge on any atom is 0.265 e. The summed E-state index contributed by atoms with van der Waals surface area (Å²) in [7, 11) is 1.98. The van der Waals surface area contributed by atoms with Gasteiger partial charge in [0, 0.05) is 16.2 Å². The molecule has 0 atom stereocenters. The molecular formula is C22H18N3+. The molecule has 1 aromatic heterocycles. The molecule has 25 heavy (non-hydrogen) atoms. The van der Waals surface area contributed by atoms with Crippen LogP contribution in [0.4, 0.5) is 0 Å². The minimum atomic E-state index is 0.724. The lowest BCUT2D eigenvalue weighted by atomic mass is 10.0. The molecule has 0 N–H and O–H groups in total. The van der Waals surface area contributed by atoms with Crippen molar-refractivity contribution < 1.29 is 4.68 Å². The molecule has 0 aliphatic heterocycles. The molecule has 0 amide bonds. The number of aromatic nitrogens is 3. The monoisotopic (exact) mass is 324 g/mol. The molecule has 0 spiro atoms. The average molecular weight is 324 g/mol. The second kappa shape index (κ2) is 6.65. The van der Waals surface area contributed by atoms with Gasteiger partial charge in [-0.25, -0.2) is 4.98 Å². The zero-order valence-electron chi connectivity index (χ0n) is 14.0. The topological polar surface area (TPSA) is 29.7 Å². The van der Waals surface area contributed by atoms with Crippen LogP contribution in [-0.4, -0.2) is 10.1 Å². The average Bonchev–Trinajstić information content (AvgIpc) is 2.69. The molecule has 3 aromatic carbocycles. The molecule has 3 heteroatoms. The first-order valence-corrected chi connectivity index (χ1v) is 8.27. The van der Waals surface area contributed by atoms with Crippen LogP contribution in [0.15, 0.2) is 91.0 Å². The Morgan fingerprint density at radius 2 is 1.08 bits per heavy atom. The molecule has 4 aromatic rings. The third kappa shape index (κ3) is 3.04. The van der Waals surface area contributed by atoms with E-state index in [4.69, 9.17) is 10.1 Å². The molecule has 0 bridgehead atoms. The van der Waals surface area contributed by atoms with Crippen LogP contribution in [0.3, 0.4) is 0 Å². The predicted octanol–water partition coefficient (Wildman–Crippen LogP) is 4.30. The maximum atomic E-state index is 4.92. The van der Waals surface area contributed by atoms with Crippen LogP contribution < -0.4 is 4.68 Å². The molecular weight excluding hydrogens is 306 g/mol. The van der Waals surface area contributed by atoms with Gasteiger partial charge in [0.25, 0.3) is 5.69 Å². The van der Waals surface area contributed by atoms with Gasteiger partial charge in [0.2, 0.25) is 5.82 Å². The van der Waals surface area contributed by atoms with Crippen LogP contribution in [0.5, 0.6) is 0 Å². The van der Waals surface area contributed by atoms with E-state index in [1.165, 1.54) is 0 Å². The number of benzene rings is 3. The van der Waals surface area contributed by atoms with E-state index in [2.05, 4.69) is 24.3 Å². The van der Waals surface area contributed by atoms with Gasteiger partial charge in [-0.05, 0) is 12.1 Å². The van der Waals surface area contributed by atoms with Gasteiger partial charge in [-0.1, -0.05) is 83.5 Å². The molecule has 0 unspecified atom stereocenters. The molecule has 1 heterocycles. The third-order valence-corrected chi connectivity index (χ3v) is 4.14. The zero-order valence-corrected chi connectivity index (χ0v) is 14.0. The van der Waals surface area contributed by atoms with Gasteiger partial charge >= 0.3 is 0 Å². The summed E-state index contributed by atoms with van der Waals surface area (Å²) in [5.41, 5.74) is 5.13. The van der Waals surface area contributed by atoms with Crippen molar-refractivity contribution in [2.75, 3.05) is 0 Å².